The molecule has 21 heavy (non-hydrogen) atoms. The summed E-state index contributed by atoms with van der Waals surface area (Å²) in [6.07, 6.45) is 3.15. The molecule has 0 bridgehead atoms. The Morgan fingerprint density at radius 1 is 1.43 bits per heavy atom. The van der Waals surface area contributed by atoms with Crippen LogP contribution in [0.15, 0.2) is 58.3 Å². The lowest BCUT2D eigenvalue weighted by molar-refractivity contribution is 0.0762. The Bertz CT molecular complexity index is 619. The van der Waals surface area contributed by atoms with Crippen LogP contribution in [0.4, 0.5) is 0 Å². The van der Waals surface area contributed by atoms with E-state index in [9.17, 15) is 4.79 Å². The fraction of sp³-hybridized carbons (Fsp3) is 0.188. The third-order valence-electron chi connectivity index (χ3n) is 2.98. The molecule has 0 aliphatic carbocycles. The molecule has 0 fully saturated rings. The molecular weight excluding hydrogens is 334 g/mol. The number of benzene rings is 1. The maximum absolute atomic E-state index is 12.4. The smallest absolute Gasteiger partial charge is 0.257 e. The van der Waals surface area contributed by atoms with Gasteiger partial charge in [0.1, 0.15) is 12.0 Å². The summed E-state index contributed by atoms with van der Waals surface area (Å²) < 4.78 is 10.8. The van der Waals surface area contributed by atoms with Crippen LogP contribution in [0.2, 0.25) is 0 Å². The van der Waals surface area contributed by atoms with Crippen molar-refractivity contribution in [2.24, 2.45) is 0 Å². The first-order valence-electron chi connectivity index (χ1n) is 6.41. The zero-order chi connectivity index (χ0) is 15.2. The molecule has 1 aromatic carbocycles. The molecule has 1 amide bonds. The molecule has 0 aliphatic heterocycles. The molecular formula is C16H16BrNO3. The van der Waals surface area contributed by atoms with Crippen LogP contribution in [0.25, 0.3) is 0 Å². The van der Waals surface area contributed by atoms with Gasteiger partial charge in [-0.15, -0.1) is 6.58 Å². The molecule has 2 rings (SSSR count). The van der Waals surface area contributed by atoms with Gasteiger partial charge in [0.05, 0.1) is 12.7 Å². The summed E-state index contributed by atoms with van der Waals surface area (Å²) in [7, 11) is 1.62. The Kier molecular flexibility index (Phi) is 5.22. The van der Waals surface area contributed by atoms with Crippen molar-refractivity contribution < 1.29 is 13.9 Å². The molecule has 0 N–H and O–H groups in total. The van der Waals surface area contributed by atoms with Crippen LogP contribution in [-0.2, 0) is 6.54 Å². The third-order valence-corrected chi connectivity index (χ3v) is 3.40. The van der Waals surface area contributed by atoms with E-state index in [1.54, 1.807) is 24.2 Å². The minimum absolute atomic E-state index is 0.0971. The van der Waals surface area contributed by atoms with Crippen LogP contribution in [0.3, 0.4) is 0 Å². The molecule has 2 aromatic rings. The normalized spacial score (nSPS) is 10.2. The standard InChI is InChI=1S/C16H16BrNO3/c1-3-8-18(16(19)13-9-15(17)21-11-13)10-12-4-6-14(20-2)7-5-12/h3-7,9,11H,1,8,10H2,2H3. The summed E-state index contributed by atoms with van der Waals surface area (Å²) in [6, 6.07) is 9.29. The fourth-order valence-corrected chi connectivity index (χ4v) is 2.27. The van der Waals surface area contributed by atoms with Crippen molar-refractivity contribution >= 4 is 21.8 Å². The minimum Gasteiger partial charge on any atom is -0.497 e. The maximum Gasteiger partial charge on any atom is 0.257 e. The monoisotopic (exact) mass is 349 g/mol. The number of halogens is 1. The Balaban J connectivity index is 2.14. The van der Waals surface area contributed by atoms with E-state index in [0.29, 0.717) is 23.3 Å². The van der Waals surface area contributed by atoms with Gasteiger partial charge in [0.15, 0.2) is 4.67 Å². The number of hydrogen-bond acceptors (Lipinski definition) is 3. The van der Waals surface area contributed by atoms with Gasteiger partial charge in [-0.3, -0.25) is 4.79 Å². The Hall–Kier alpha value is -2.01. The van der Waals surface area contributed by atoms with E-state index in [0.717, 1.165) is 11.3 Å². The van der Waals surface area contributed by atoms with Crippen molar-refractivity contribution in [3.63, 3.8) is 0 Å². The largest absolute Gasteiger partial charge is 0.497 e. The fourth-order valence-electron chi connectivity index (χ4n) is 1.93. The summed E-state index contributed by atoms with van der Waals surface area (Å²) >= 11 is 3.20. The first-order chi connectivity index (χ1) is 10.1. The van der Waals surface area contributed by atoms with Gasteiger partial charge in [-0.2, -0.15) is 0 Å². The molecule has 0 aliphatic rings. The second kappa shape index (κ2) is 7.13. The zero-order valence-corrected chi connectivity index (χ0v) is 13.3. The third kappa shape index (κ3) is 3.98. The summed E-state index contributed by atoms with van der Waals surface area (Å²) in [5.41, 5.74) is 1.53. The highest BCUT2D eigenvalue weighted by atomic mass is 79.9. The molecule has 110 valence electrons. The lowest BCUT2D eigenvalue weighted by Gasteiger charge is -2.20. The number of carbonyl (C=O) groups is 1. The summed E-state index contributed by atoms with van der Waals surface area (Å²) in [5.74, 6) is 0.694. The van der Waals surface area contributed by atoms with E-state index in [-0.39, 0.29) is 5.91 Å². The summed E-state index contributed by atoms with van der Waals surface area (Å²) in [6.45, 7) is 4.67. The molecule has 0 spiro atoms. The van der Waals surface area contributed by atoms with Crippen molar-refractivity contribution in [3.8, 4) is 5.75 Å². The van der Waals surface area contributed by atoms with Gasteiger partial charge in [0.25, 0.3) is 5.91 Å². The summed E-state index contributed by atoms with van der Waals surface area (Å²) in [4.78, 5) is 14.1. The number of methoxy groups -OCH3 is 1. The molecule has 0 radical (unpaired) electrons. The molecule has 0 unspecified atom stereocenters. The number of nitrogens with zero attached hydrogens (tertiary/aromatic N) is 1. The van der Waals surface area contributed by atoms with E-state index in [1.165, 1.54) is 6.26 Å². The molecule has 0 atom stereocenters. The van der Waals surface area contributed by atoms with Gasteiger partial charge in [0, 0.05) is 19.2 Å². The van der Waals surface area contributed by atoms with Gasteiger partial charge in [-0.05, 0) is 33.6 Å². The van der Waals surface area contributed by atoms with Gasteiger partial charge < -0.3 is 14.1 Å². The molecule has 0 saturated carbocycles. The first-order valence-corrected chi connectivity index (χ1v) is 7.20. The van der Waals surface area contributed by atoms with Crippen molar-refractivity contribution in [1.29, 1.82) is 0 Å². The van der Waals surface area contributed by atoms with E-state index in [1.807, 2.05) is 24.3 Å². The number of carbonyl (C=O) groups excluding carboxylic acids is 1. The van der Waals surface area contributed by atoms with Gasteiger partial charge in [-0.25, -0.2) is 0 Å². The lowest BCUT2D eigenvalue weighted by atomic mass is 10.2. The predicted octanol–water partition coefficient (Wildman–Crippen LogP) is 3.88. The van der Waals surface area contributed by atoms with Crippen LogP contribution in [0.1, 0.15) is 15.9 Å². The van der Waals surface area contributed by atoms with Crippen molar-refractivity contribution in [1.82, 2.24) is 4.90 Å². The Labute approximate surface area is 132 Å². The SMILES string of the molecule is C=CCN(Cc1ccc(OC)cc1)C(=O)c1coc(Br)c1. The second-order valence-electron chi connectivity index (χ2n) is 4.46. The molecule has 0 saturated heterocycles. The number of rotatable bonds is 6. The van der Waals surface area contributed by atoms with Crippen LogP contribution in [0, 0.1) is 0 Å². The van der Waals surface area contributed by atoms with E-state index < -0.39 is 0 Å². The van der Waals surface area contributed by atoms with Crippen LogP contribution in [-0.4, -0.2) is 24.5 Å². The number of hydrogen-bond donors (Lipinski definition) is 0. The van der Waals surface area contributed by atoms with Crippen LogP contribution < -0.4 is 4.74 Å². The highest BCUT2D eigenvalue weighted by Crippen LogP contribution is 2.18. The van der Waals surface area contributed by atoms with Crippen molar-refractivity contribution in [2.75, 3.05) is 13.7 Å². The maximum atomic E-state index is 12.4. The Morgan fingerprint density at radius 2 is 2.14 bits per heavy atom. The first kappa shape index (κ1) is 15.4. The van der Waals surface area contributed by atoms with E-state index in [4.69, 9.17) is 9.15 Å². The quantitative estimate of drug-likeness (QED) is 0.743. The molecule has 4 nitrogen and oxygen atoms in total. The minimum atomic E-state index is -0.0971. The number of ether oxygens (including phenoxy) is 1. The highest BCUT2D eigenvalue weighted by Gasteiger charge is 2.17. The van der Waals surface area contributed by atoms with Crippen molar-refractivity contribution in [2.45, 2.75) is 6.54 Å². The van der Waals surface area contributed by atoms with Gasteiger partial charge in [0.2, 0.25) is 0 Å². The van der Waals surface area contributed by atoms with Crippen LogP contribution >= 0.6 is 15.9 Å². The second-order valence-corrected chi connectivity index (χ2v) is 5.24. The van der Waals surface area contributed by atoms with E-state index >= 15 is 0 Å². The van der Waals surface area contributed by atoms with Crippen molar-refractivity contribution in [3.05, 3.63) is 65.0 Å². The molecule has 1 heterocycles. The topological polar surface area (TPSA) is 42.7 Å². The highest BCUT2D eigenvalue weighted by molar-refractivity contribution is 9.10. The number of furan rings is 1. The van der Waals surface area contributed by atoms with Gasteiger partial charge in [-0.1, -0.05) is 18.2 Å². The zero-order valence-electron chi connectivity index (χ0n) is 11.7. The molecule has 5 heteroatoms. The summed E-state index contributed by atoms with van der Waals surface area (Å²) in [5, 5.41) is 0. The molecule has 1 aromatic heterocycles. The Morgan fingerprint density at radius 3 is 2.67 bits per heavy atom. The number of amides is 1. The average Bonchev–Trinajstić information content (AvgIpc) is 2.93. The van der Waals surface area contributed by atoms with Crippen LogP contribution in [0.5, 0.6) is 5.75 Å². The van der Waals surface area contributed by atoms with E-state index in [2.05, 4.69) is 22.5 Å². The lowest BCUT2D eigenvalue weighted by Crippen LogP contribution is -2.30. The predicted molar refractivity (Wildman–Crippen MR) is 84.3 cm³/mol. The van der Waals surface area contributed by atoms with Gasteiger partial charge >= 0.3 is 0 Å². The average molecular weight is 350 g/mol.